The first-order valence-corrected chi connectivity index (χ1v) is 5.52. The largest absolute Gasteiger partial charge is 0.0988 e. The summed E-state index contributed by atoms with van der Waals surface area (Å²) in [5.41, 5.74) is 2.69. The van der Waals surface area contributed by atoms with Gasteiger partial charge >= 0.3 is 0 Å². The van der Waals surface area contributed by atoms with E-state index in [1.54, 1.807) is 0 Å². The number of rotatable bonds is 6. The highest BCUT2D eigenvalue weighted by atomic mass is 14.0. The average Bonchev–Trinajstić information content (AvgIpc) is 2.13. The van der Waals surface area contributed by atoms with Crippen LogP contribution in [0, 0.1) is 5.92 Å². The van der Waals surface area contributed by atoms with E-state index in [-0.39, 0.29) is 0 Å². The van der Waals surface area contributed by atoms with Crippen LogP contribution < -0.4 is 0 Å². The van der Waals surface area contributed by atoms with E-state index in [1.807, 2.05) is 6.08 Å². The summed E-state index contributed by atoms with van der Waals surface area (Å²) in [4.78, 5) is 0. The summed E-state index contributed by atoms with van der Waals surface area (Å²) in [7, 11) is 0. The molecule has 0 fully saturated rings. The molecular weight excluding hydrogens is 168 g/mol. The van der Waals surface area contributed by atoms with E-state index in [1.165, 1.54) is 30.4 Å². The molecule has 0 aromatic rings. The lowest BCUT2D eigenvalue weighted by atomic mass is 10.0. The second-order valence-electron chi connectivity index (χ2n) is 4.41. The summed E-state index contributed by atoms with van der Waals surface area (Å²) in [6, 6.07) is 0. The van der Waals surface area contributed by atoms with Crippen LogP contribution in [0.15, 0.2) is 36.0 Å². The molecule has 0 bridgehead atoms. The fourth-order valence-electron chi connectivity index (χ4n) is 1.21. The molecule has 0 saturated heterocycles. The monoisotopic (exact) mass is 192 g/mol. The van der Waals surface area contributed by atoms with Gasteiger partial charge in [0.25, 0.3) is 0 Å². The Balaban J connectivity index is 3.83. The molecule has 0 aliphatic rings. The average molecular weight is 192 g/mol. The van der Waals surface area contributed by atoms with Gasteiger partial charge in [-0.05, 0) is 32.6 Å². The molecule has 14 heavy (non-hydrogen) atoms. The van der Waals surface area contributed by atoms with E-state index in [0.717, 1.165) is 5.92 Å². The molecule has 0 aromatic heterocycles. The highest BCUT2D eigenvalue weighted by Crippen LogP contribution is 2.11. The van der Waals surface area contributed by atoms with Crippen molar-refractivity contribution < 1.29 is 0 Å². The summed E-state index contributed by atoms with van der Waals surface area (Å²) in [6.07, 6.45) is 10.1. The van der Waals surface area contributed by atoms with Gasteiger partial charge in [-0.25, -0.2) is 0 Å². The third-order valence-corrected chi connectivity index (χ3v) is 2.31. The molecule has 0 nitrogen and oxygen atoms in total. The second-order valence-corrected chi connectivity index (χ2v) is 4.41. The maximum Gasteiger partial charge on any atom is -0.0320 e. The molecule has 0 heterocycles. The zero-order chi connectivity index (χ0) is 11.0. The zero-order valence-corrected chi connectivity index (χ0v) is 10.1. The topological polar surface area (TPSA) is 0 Å². The number of hydrogen-bond acceptors (Lipinski definition) is 0. The molecule has 0 N–H and O–H groups in total. The van der Waals surface area contributed by atoms with Crippen molar-refractivity contribution >= 4 is 0 Å². The van der Waals surface area contributed by atoms with E-state index in [4.69, 9.17) is 0 Å². The Hall–Kier alpha value is -0.780. The minimum Gasteiger partial charge on any atom is -0.0988 e. The van der Waals surface area contributed by atoms with Crippen LogP contribution in [0.4, 0.5) is 0 Å². The van der Waals surface area contributed by atoms with Gasteiger partial charge in [0, 0.05) is 0 Å². The van der Waals surface area contributed by atoms with Crippen molar-refractivity contribution in [3.63, 3.8) is 0 Å². The third kappa shape index (κ3) is 7.85. The molecule has 0 saturated carbocycles. The standard InChI is InChI=1S/C14H24/c1-6-13(4)10-11-14(5)9-7-8-12(2)3/h6,10-12H,1,7-9H2,2-5H3. The van der Waals surface area contributed by atoms with Gasteiger partial charge in [-0.2, -0.15) is 0 Å². The van der Waals surface area contributed by atoms with Gasteiger partial charge in [-0.1, -0.05) is 56.2 Å². The zero-order valence-electron chi connectivity index (χ0n) is 10.1. The van der Waals surface area contributed by atoms with Crippen molar-refractivity contribution in [2.24, 2.45) is 5.92 Å². The lowest BCUT2D eigenvalue weighted by Gasteiger charge is -2.03. The maximum absolute atomic E-state index is 3.73. The predicted molar refractivity (Wildman–Crippen MR) is 66.4 cm³/mol. The minimum atomic E-state index is 0.827. The highest BCUT2D eigenvalue weighted by Gasteiger charge is 1.94. The van der Waals surface area contributed by atoms with Crippen LogP contribution in [-0.4, -0.2) is 0 Å². The summed E-state index contributed by atoms with van der Waals surface area (Å²) < 4.78 is 0. The molecule has 0 unspecified atom stereocenters. The lowest BCUT2D eigenvalue weighted by molar-refractivity contribution is 0.555. The highest BCUT2D eigenvalue weighted by molar-refractivity contribution is 5.21. The van der Waals surface area contributed by atoms with Crippen molar-refractivity contribution in [1.29, 1.82) is 0 Å². The first-order chi connectivity index (χ1) is 6.56. The van der Waals surface area contributed by atoms with Crippen LogP contribution in [0.25, 0.3) is 0 Å². The Labute approximate surface area is 89.4 Å². The van der Waals surface area contributed by atoms with Gasteiger partial charge in [-0.3, -0.25) is 0 Å². The number of hydrogen-bond donors (Lipinski definition) is 0. The third-order valence-electron chi connectivity index (χ3n) is 2.31. The van der Waals surface area contributed by atoms with E-state index in [0.29, 0.717) is 0 Å². The van der Waals surface area contributed by atoms with Gasteiger partial charge in [0.15, 0.2) is 0 Å². The first-order valence-electron chi connectivity index (χ1n) is 5.52. The van der Waals surface area contributed by atoms with Crippen LogP contribution >= 0.6 is 0 Å². The quantitative estimate of drug-likeness (QED) is 0.525. The molecular formula is C14H24. The van der Waals surface area contributed by atoms with Crippen molar-refractivity contribution in [2.75, 3.05) is 0 Å². The van der Waals surface area contributed by atoms with Crippen molar-refractivity contribution in [3.05, 3.63) is 36.0 Å². The normalized spacial score (nSPS) is 13.5. The van der Waals surface area contributed by atoms with Gasteiger partial charge in [0.2, 0.25) is 0 Å². The van der Waals surface area contributed by atoms with Crippen molar-refractivity contribution in [2.45, 2.75) is 47.0 Å². The number of allylic oxidation sites excluding steroid dienone is 5. The van der Waals surface area contributed by atoms with Crippen molar-refractivity contribution in [3.8, 4) is 0 Å². The Kier molecular flexibility index (Phi) is 7.18. The smallest absolute Gasteiger partial charge is 0.0320 e. The summed E-state index contributed by atoms with van der Waals surface area (Å²) in [5, 5.41) is 0. The Morgan fingerprint density at radius 1 is 1.21 bits per heavy atom. The molecule has 0 rings (SSSR count). The molecule has 0 amide bonds. The van der Waals surface area contributed by atoms with Crippen LogP contribution in [-0.2, 0) is 0 Å². The summed E-state index contributed by atoms with van der Waals surface area (Å²) in [5.74, 6) is 0.827. The Bertz CT molecular complexity index is 216. The molecule has 0 aliphatic heterocycles. The summed E-state index contributed by atoms with van der Waals surface area (Å²) >= 11 is 0. The van der Waals surface area contributed by atoms with Gasteiger partial charge in [0.05, 0.1) is 0 Å². The predicted octanol–water partition coefficient (Wildman–Crippen LogP) is 4.89. The van der Waals surface area contributed by atoms with Gasteiger partial charge < -0.3 is 0 Å². The molecule has 0 atom stereocenters. The minimum absolute atomic E-state index is 0.827. The van der Waals surface area contributed by atoms with E-state index < -0.39 is 0 Å². The van der Waals surface area contributed by atoms with Crippen LogP contribution in [0.1, 0.15) is 47.0 Å². The Morgan fingerprint density at radius 2 is 1.86 bits per heavy atom. The van der Waals surface area contributed by atoms with E-state index >= 15 is 0 Å². The molecule has 0 spiro atoms. The van der Waals surface area contributed by atoms with Crippen LogP contribution in [0.2, 0.25) is 0 Å². The van der Waals surface area contributed by atoms with Crippen molar-refractivity contribution in [1.82, 2.24) is 0 Å². The van der Waals surface area contributed by atoms with Crippen LogP contribution in [0.5, 0.6) is 0 Å². The molecule has 80 valence electrons. The SMILES string of the molecule is C=CC(C)=CC=C(C)CCCC(C)C. The van der Waals surface area contributed by atoms with Crippen LogP contribution in [0.3, 0.4) is 0 Å². The van der Waals surface area contributed by atoms with Gasteiger partial charge in [0.1, 0.15) is 0 Å². The van der Waals surface area contributed by atoms with E-state index in [9.17, 15) is 0 Å². The van der Waals surface area contributed by atoms with Gasteiger partial charge in [-0.15, -0.1) is 0 Å². The molecule has 0 aromatic carbocycles. The lowest BCUT2D eigenvalue weighted by Crippen LogP contribution is -1.87. The van der Waals surface area contributed by atoms with E-state index in [2.05, 4.69) is 46.4 Å². The summed E-state index contributed by atoms with van der Waals surface area (Å²) in [6.45, 7) is 12.6. The molecule has 0 heteroatoms. The Morgan fingerprint density at radius 3 is 2.36 bits per heavy atom. The molecule has 0 radical (unpaired) electrons. The second kappa shape index (κ2) is 7.61. The fraction of sp³-hybridized carbons (Fsp3) is 0.571. The maximum atomic E-state index is 3.73. The fourth-order valence-corrected chi connectivity index (χ4v) is 1.21. The first kappa shape index (κ1) is 13.2. The molecule has 0 aliphatic carbocycles.